The highest BCUT2D eigenvalue weighted by molar-refractivity contribution is 5.48. The van der Waals surface area contributed by atoms with Crippen LogP contribution >= 0.6 is 0 Å². The zero-order valence-corrected chi connectivity index (χ0v) is 4.84. The third kappa shape index (κ3) is 0.831. The maximum Gasteiger partial charge on any atom is 0.209 e. The van der Waals surface area contributed by atoms with Crippen molar-refractivity contribution in [1.82, 2.24) is 4.90 Å². The molecule has 1 radical (unpaired) electrons. The second kappa shape index (κ2) is 2.16. The molecule has 0 aromatic heterocycles. The Hall–Kier alpha value is -0.530. The molecule has 0 bridgehead atoms. The second-order valence-corrected chi connectivity index (χ2v) is 2.14. The van der Waals surface area contributed by atoms with E-state index in [0.29, 0.717) is 0 Å². The van der Waals surface area contributed by atoms with Crippen molar-refractivity contribution in [1.29, 1.82) is 0 Å². The minimum atomic E-state index is 0.243. The largest absolute Gasteiger partial charge is 0.342 e. The molecule has 0 spiro atoms. The fourth-order valence-corrected chi connectivity index (χ4v) is 0.997. The third-order valence-electron chi connectivity index (χ3n) is 1.56. The summed E-state index contributed by atoms with van der Waals surface area (Å²) in [4.78, 5) is 11.8. The summed E-state index contributed by atoms with van der Waals surface area (Å²) in [6.45, 7) is 4.68. The van der Waals surface area contributed by atoms with Crippen LogP contribution in [0.25, 0.3) is 0 Å². The Morgan fingerprint density at radius 3 is 2.75 bits per heavy atom. The Labute approximate surface area is 49.5 Å². The van der Waals surface area contributed by atoms with Crippen LogP contribution < -0.4 is 0 Å². The average Bonchev–Trinajstić information content (AvgIpc) is 2.14. The number of hydrogen-bond acceptors (Lipinski definition) is 1. The molecule has 1 unspecified atom stereocenters. The first-order valence-electron chi connectivity index (χ1n) is 2.88. The van der Waals surface area contributed by atoms with Crippen LogP contribution in [0.4, 0.5) is 0 Å². The summed E-state index contributed by atoms with van der Waals surface area (Å²) < 4.78 is 0. The maximum atomic E-state index is 10.1. The number of nitrogens with zero attached hydrogens (tertiary/aromatic N) is 1. The number of carbonyl (C=O) groups is 1. The maximum absolute atomic E-state index is 10.1. The van der Waals surface area contributed by atoms with E-state index in [1.165, 1.54) is 0 Å². The lowest BCUT2D eigenvalue weighted by Gasteiger charge is -2.13. The van der Waals surface area contributed by atoms with Gasteiger partial charge in [-0.1, -0.05) is 0 Å². The van der Waals surface area contributed by atoms with Crippen molar-refractivity contribution in [3.63, 3.8) is 0 Å². The Balaban J connectivity index is 2.41. The Bertz CT molecular complexity index is 92.5. The van der Waals surface area contributed by atoms with Gasteiger partial charge in [-0.05, 0) is 19.8 Å². The van der Waals surface area contributed by atoms with Crippen LogP contribution in [0.2, 0.25) is 0 Å². The standard InChI is InChI=1S/C6H10NO/c1-6-3-2-4-7(6)5-8/h5-6H,1-4H2. The van der Waals surface area contributed by atoms with E-state index in [1.807, 2.05) is 0 Å². The van der Waals surface area contributed by atoms with Gasteiger partial charge in [0.25, 0.3) is 0 Å². The minimum Gasteiger partial charge on any atom is -0.342 e. The molecule has 1 rings (SSSR count). The highest BCUT2D eigenvalue weighted by Gasteiger charge is 2.17. The van der Waals surface area contributed by atoms with Gasteiger partial charge in [-0.25, -0.2) is 0 Å². The van der Waals surface area contributed by atoms with E-state index in [2.05, 4.69) is 6.92 Å². The number of hydrogen-bond donors (Lipinski definition) is 0. The van der Waals surface area contributed by atoms with Crippen molar-refractivity contribution in [2.45, 2.75) is 18.9 Å². The van der Waals surface area contributed by atoms with Crippen LogP contribution in [0.15, 0.2) is 0 Å². The summed E-state index contributed by atoms with van der Waals surface area (Å²) in [5.41, 5.74) is 0. The second-order valence-electron chi connectivity index (χ2n) is 2.14. The fraction of sp³-hybridized carbons (Fsp3) is 0.667. The van der Waals surface area contributed by atoms with Crippen LogP contribution in [0, 0.1) is 6.92 Å². The van der Waals surface area contributed by atoms with Gasteiger partial charge in [-0.2, -0.15) is 0 Å². The first-order valence-corrected chi connectivity index (χ1v) is 2.88. The molecule has 45 valence electrons. The van der Waals surface area contributed by atoms with Gasteiger partial charge in [0.15, 0.2) is 0 Å². The zero-order chi connectivity index (χ0) is 5.98. The molecule has 1 atom stereocenters. The van der Waals surface area contributed by atoms with Crippen molar-refractivity contribution >= 4 is 6.41 Å². The average molecular weight is 112 g/mol. The van der Waals surface area contributed by atoms with Gasteiger partial charge in [0.05, 0.1) is 0 Å². The van der Waals surface area contributed by atoms with Crippen molar-refractivity contribution < 1.29 is 4.79 Å². The summed E-state index contributed by atoms with van der Waals surface area (Å²) in [6, 6.07) is 0.243. The highest BCUT2D eigenvalue weighted by Crippen LogP contribution is 2.12. The molecule has 1 heterocycles. The van der Waals surface area contributed by atoms with Gasteiger partial charge in [0.2, 0.25) is 6.41 Å². The van der Waals surface area contributed by atoms with Gasteiger partial charge >= 0.3 is 0 Å². The van der Waals surface area contributed by atoms with Gasteiger partial charge < -0.3 is 4.90 Å². The SMILES string of the molecule is [CH2]C1CCCN1C=O. The van der Waals surface area contributed by atoms with E-state index < -0.39 is 0 Å². The van der Waals surface area contributed by atoms with Crippen LogP contribution in [0.3, 0.4) is 0 Å². The molecule has 0 aliphatic carbocycles. The van der Waals surface area contributed by atoms with E-state index in [9.17, 15) is 4.79 Å². The predicted molar refractivity (Wildman–Crippen MR) is 31.1 cm³/mol. The number of likely N-dealkylation sites (tertiary alicyclic amines) is 1. The predicted octanol–water partition coefficient (Wildman–Crippen LogP) is 0.441. The molecule has 0 saturated carbocycles. The van der Waals surface area contributed by atoms with Gasteiger partial charge in [0, 0.05) is 12.6 Å². The Kier molecular flexibility index (Phi) is 1.51. The van der Waals surface area contributed by atoms with Gasteiger partial charge in [0.1, 0.15) is 0 Å². The molecule has 8 heavy (non-hydrogen) atoms. The fourth-order valence-electron chi connectivity index (χ4n) is 0.997. The summed E-state index contributed by atoms with van der Waals surface area (Å²) in [6.07, 6.45) is 3.07. The Morgan fingerprint density at radius 2 is 2.50 bits per heavy atom. The van der Waals surface area contributed by atoms with Crippen molar-refractivity contribution in [3.05, 3.63) is 6.92 Å². The highest BCUT2D eigenvalue weighted by atomic mass is 16.1. The van der Waals surface area contributed by atoms with E-state index in [-0.39, 0.29) is 6.04 Å². The smallest absolute Gasteiger partial charge is 0.209 e. The number of amides is 1. The van der Waals surface area contributed by atoms with Crippen molar-refractivity contribution in [3.8, 4) is 0 Å². The van der Waals surface area contributed by atoms with E-state index in [0.717, 1.165) is 25.8 Å². The van der Waals surface area contributed by atoms with Crippen molar-refractivity contribution in [2.24, 2.45) is 0 Å². The number of carbonyl (C=O) groups excluding carboxylic acids is 1. The zero-order valence-electron chi connectivity index (χ0n) is 4.84. The molecule has 0 N–H and O–H groups in total. The van der Waals surface area contributed by atoms with E-state index in [1.54, 1.807) is 4.90 Å². The van der Waals surface area contributed by atoms with Crippen LogP contribution in [-0.2, 0) is 4.79 Å². The van der Waals surface area contributed by atoms with Crippen molar-refractivity contribution in [2.75, 3.05) is 6.54 Å². The lowest BCUT2D eigenvalue weighted by molar-refractivity contribution is -0.118. The summed E-state index contributed by atoms with van der Waals surface area (Å²) in [5.74, 6) is 0. The molecule has 1 amide bonds. The summed E-state index contributed by atoms with van der Waals surface area (Å²) >= 11 is 0. The Morgan fingerprint density at radius 1 is 1.75 bits per heavy atom. The molecular formula is C6H10NO. The monoisotopic (exact) mass is 112 g/mol. The topological polar surface area (TPSA) is 20.3 Å². The summed E-state index contributed by atoms with van der Waals surface area (Å²) in [7, 11) is 0. The first kappa shape index (κ1) is 5.60. The molecule has 2 nitrogen and oxygen atoms in total. The molecule has 0 aromatic rings. The van der Waals surface area contributed by atoms with Gasteiger partial charge in [-0.15, -0.1) is 0 Å². The molecule has 1 aliphatic heterocycles. The number of rotatable bonds is 1. The molecule has 1 fully saturated rings. The van der Waals surface area contributed by atoms with Crippen LogP contribution in [0.5, 0.6) is 0 Å². The van der Waals surface area contributed by atoms with Crippen LogP contribution in [-0.4, -0.2) is 23.9 Å². The normalized spacial score (nSPS) is 28.6. The quantitative estimate of drug-likeness (QED) is 0.451. The molecule has 0 aromatic carbocycles. The first-order chi connectivity index (χ1) is 3.84. The third-order valence-corrected chi connectivity index (χ3v) is 1.56. The minimum absolute atomic E-state index is 0.243. The van der Waals surface area contributed by atoms with Gasteiger partial charge in [-0.3, -0.25) is 4.79 Å². The lowest BCUT2D eigenvalue weighted by atomic mass is 10.2. The molecule has 1 saturated heterocycles. The molecular weight excluding hydrogens is 102 g/mol. The molecule has 1 aliphatic rings. The van der Waals surface area contributed by atoms with Crippen LogP contribution in [0.1, 0.15) is 12.8 Å². The summed E-state index contributed by atoms with van der Waals surface area (Å²) in [5, 5.41) is 0. The van der Waals surface area contributed by atoms with E-state index in [4.69, 9.17) is 0 Å². The molecule has 2 heteroatoms. The lowest BCUT2D eigenvalue weighted by Crippen LogP contribution is -2.24. The van der Waals surface area contributed by atoms with E-state index >= 15 is 0 Å².